The van der Waals surface area contributed by atoms with Crippen molar-refractivity contribution in [2.75, 3.05) is 39.2 Å². The van der Waals surface area contributed by atoms with Crippen LogP contribution < -0.4 is 4.90 Å². The van der Waals surface area contributed by atoms with Crippen molar-refractivity contribution in [1.29, 1.82) is 0 Å². The number of phosphoric acid groups is 1. The molecule has 2 unspecified atom stereocenters. The average molecular weight is 582 g/mol. The second-order valence-corrected chi connectivity index (χ2v) is 11.0. The Bertz CT molecular complexity index is 1620. The first-order chi connectivity index (χ1) is 19.5. The van der Waals surface area contributed by atoms with Gasteiger partial charge in [0.2, 0.25) is 11.9 Å². The van der Waals surface area contributed by atoms with Gasteiger partial charge in [0.15, 0.2) is 0 Å². The summed E-state index contributed by atoms with van der Waals surface area (Å²) in [7, 11) is 1.25. The van der Waals surface area contributed by atoms with E-state index >= 15 is 0 Å². The molecule has 2 atom stereocenters. The fourth-order valence-corrected chi connectivity index (χ4v) is 5.18. The van der Waals surface area contributed by atoms with Gasteiger partial charge in [-0.1, -0.05) is 18.2 Å². The molecule has 0 saturated carbocycles. The highest BCUT2D eigenvalue weighted by Gasteiger charge is 2.26. The molecule has 10 nitrogen and oxygen atoms in total. The number of nitrogens with zero attached hydrogens (tertiary/aromatic N) is 5. The monoisotopic (exact) mass is 581 g/mol. The fourth-order valence-electron chi connectivity index (χ4n) is 4.30. The van der Waals surface area contributed by atoms with Crippen LogP contribution >= 0.6 is 7.82 Å². The Balaban J connectivity index is 1.76. The summed E-state index contributed by atoms with van der Waals surface area (Å²) in [6.07, 6.45) is 7.15. The minimum absolute atomic E-state index is 0.00228. The molecule has 0 radical (unpaired) electrons. The zero-order valence-electron chi connectivity index (χ0n) is 23.6. The van der Waals surface area contributed by atoms with Crippen molar-refractivity contribution < 1.29 is 27.7 Å². The second kappa shape index (κ2) is 12.8. The topological polar surface area (TPSA) is 110 Å². The van der Waals surface area contributed by atoms with Crippen LogP contribution in [0.25, 0.3) is 33.3 Å². The number of anilines is 1. The summed E-state index contributed by atoms with van der Waals surface area (Å²) in [5.74, 6) is -0.799. The lowest BCUT2D eigenvalue weighted by Crippen LogP contribution is -2.24. The summed E-state index contributed by atoms with van der Waals surface area (Å²) in [6, 6.07) is 12.4. The number of hydrogen-bond acceptors (Lipinski definition) is 7. The molecule has 1 N–H and O–H groups in total. The average Bonchev–Trinajstić information content (AvgIpc) is 3.31. The molecule has 216 valence electrons. The predicted octanol–water partition coefficient (Wildman–Crippen LogP) is 5.66. The number of rotatable bonds is 11. The third kappa shape index (κ3) is 7.32. The first-order valence-corrected chi connectivity index (χ1v) is 14.5. The molecule has 0 spiro atoms. The first-order valence-electron chi connectivity index (χ1n) is 13.0. The molecule has 0 bridgehead atoms. The Hall–Kier alpha value is -3.73. The van der Waals surface area contributed by atoms with E-state index in [9.17, 15) is 18.6 Å². The number of likely N-dealkylation sites (N-methyl/N-ethyl adjacent to an activating group) is 2. The van der Waals surface area contributed by atoms with Crippen molar-refractivity contribution in [1.82, 2.24) is 19.4 Å². The van der Waals surface area contributed by atoms with Crippen molar-refractivity contribution in [3.63, 3.8) is 0 Å². The number of fused-ring (bicyclic) bond motifs is 1. The summed E-state index contributed by atoms with van der Waals surface area (Å²) >= 11 is 0. The largest absolute Gasteiger partial charge is 0.474 e. The summed E-state index contributed by atoms with van der Waals surface area (Å²) < 4.78 is 38.2. The maximum Gasteiger partial charge on any atom is 0.474 e. The van der Waals surface area contributed by atoms with E-state index in [0.29, 0.717) is 34.4 Å². The number of hydrogen-bond donors (Lipinski definition) is 1. The molecule has 4 rings (SSSR count). The van der Waals surface area contributed by atoms with Crippen molar-refractivity contribution in [2.45, 2.75) is 20.1 Å². The van der Waals surface area contributed by atoms with Gasteiger partial charge in [0.1, 0.15) is 11.9 Å². The second-order valence-electron chi connectivity index (χ2n) is 9.62. The third-order valence-electron chi connectivity index (χ3n) is 6.31. The highest BCUT2D eigenvalue weighted by Crippen LogP contribution is 2.47. The van der Waals surface area contributed by atoms with Crippen LogP contribution in [0.4, 0.5) is 10.1 Å². The third-order valence-corrected chi connectivity index (χ3v) is 7.46. The van der Waals surface area contributed by atoms with Gasteiger partial charge in [0.25, 0.3) is 0 Å². The van der Waals surface area contributed by atoms with Gasteiger partial charge in [-0.2, -0.15) is 4.39 Å². The Labute approximate surface area is 238 Å². The zero-order chi connectivity index (χ0) is 29.7. The minimum Gasteiger partial charge on any atom is -0.312 e. The van der Waals surface area contributed by atoms with Gasteiger partial charge >= 0.3 is 7.82 Å². The molecule has 0 fully saturated rings. The highest BCUT2D eigenvalue weighted by atomic mass is 31.2. The molecule has 4 aromatic rings. The number of phosphoric ester groups is 1. The van der Waals surface area contributed by atoms with Crippen molar-refractivity contribution in [3.05, 3.63) is 79.2 Å². The summed E-state index contributed by atoms with van der Waals surface area (Å²) in [6.45, 7) is 3.84. The maximum absolute atomic E-state index is 14.1. The van der Waals surface area contributed by atoms with Crippen LogP contribution in [0.15, 0.2) is 73.2 Å². The molecule has 1 aromatic carbocycles. The predicted molar refractivity (Wildman–Crippen MR) is 157 cm³/mol. The Kier molecular flexibility index (Phi) is 9.47. The minimum atomic E-state index is -4.31. The number of aromatic nitrogens is 3. The van der Waals surface area contributed by atoms with E-state index in [4.69, 9.17) is 9.05 Å². The summed E-state index contributed by atoms with van der Waals surface area (Å²) in [4.78, 5) is 34.6. The van der Waals surface area contributed by atoms with Crippen LogP contribution in [-0.2, 0) is 18.4 Å². The van der Waals surface area contributed by atoms with Crippen LogP contribution in [0.1, 0.15) is 20.1 Å². The van der Waals surface area contributed by atoms with Crippen LogP contribution in [0.2, 0.25) is 0 Å². The smallest absolute Gasteiger partial charge is 0.312 e. The van der Waals surface area contributed by atoms with Crippen LogP contribution in [0.3, 0.4) is 0 Å². The van der Waals surface area contributed by atoms with Crippen molar-refractivity contribution >= 4 is 30.5 Å². The van der Waals surface area contributed by atoms with Gasteiger partial charge < -0.3 is 19.3 Å². The highest BCUT2D eigenvalue weighted by molar-refractivity contribution is 7.47. The molecule has 3 aromatic heterocycles. The molecule has 1 amide bonds. The van der Waals surface area contributed by atoms with Crippen molar-refractivity contribution in [2.24, 2.45) is 0 Å². The SMILES string of the molecule is CCOP(=O)(O)OC(C)n1cc(-c2ccnc(F)c2)c2cc(-c3cccc(N(C)C(=O)C=CCN(C)C)c3)cnc21. The van der Waals surface area contributed by atoms with Gasteiger partial charge in [-0.25, -0.2) is 14.5 Å². The quantitative estimate of drug-likeness (QED) is 0.137. The van der Waals surface area contributed by atoms with Crippen LogP contribution in [0, 0.1) is 5.95 Å². The Morgan fingerprint density at radius 2 is 1.93 bits per heavy atom. The Morgan fingerprint density at radius 1 is 1.15 bits per heavy atom. The molecule has 0 aliphatic carbocycles. The number of pyridine rings is 2. The van der Waals surface area contributed by atoms with Gasteiger partial charge in [0, 0.05) is 66.5 Å². The number of amides is 1. The normalized spacial score (nSPS) is 14.0. The van der Waals surface area contributed by atoms with Crippen LogP contribution in [0.5, 0.6) is 0 Å². The van der Waals surface area contributed by atoms with E-state index in [1.54, 1.807) is 54.9 Å². The zero-order valence-corrected chi connectivity index (χ0v) is 24.5. The molecule has 12 heteroatoms. The van der Waals surface area contributed by atoms with Gasteiger partial charge in [-0.3, -0.25) is 13.8 Å². The first kappa shape index (κ1) is 30.2. The number of halogens is 1. The van der Waals surface area contributed by atoms with E-state index < -0.39 is 20.0 Å². The van der Waals surface area contributed by atoms with E-state index in [0.717, 1.165) is 11.1 Å². The van der Waals surface area contributed by atoms with Crippen LogP contribution in [-0.4, -0.2) is 64.5 Å². The summed E-state index contributed by atoms with van der Waals surface area (Å²) in [5.41, 5.74) is 3.91. The number of carbonyl (C=O) groups is 1. The molecule has 41 heavy (non-hydrogen) atoms. The molecule has 0 aliphatic rings. The molecular formula is C29H33FN5O5P. The van der Waals surface area contributed by atoms with E-state index in [-0.39, 0.29) is 12.5 Å². The molecule has 0 aliphatic heterocycles. The molecule has 3 heterocycles. The fraction of sp³-hybridized carbons (Fsp3) is 0.276. The Morgan fingerprint density at radius 3 is 2.63 bits per heavy atom. The van der Waals surface area contributed by atoms with Crippen molar-refractivity contribution in [3.8, 4) is 22.3 Å². The lowest BCUT2D eigenvalue weighted by atomic mass is 10.0. The standard InChI is InChI=1S/C29H33FN5O5P/c1-6-39-41(37,38)40-20(2)35-19-26(22-12-13-31-27(30)17-22)25-16-23(18-32-29(25)35)21-9-7-10-24(15-21)34(5)28(36)11-8-14-33(3)4/h7-13,15-20H,6,14H2,1-5H3,(H,37,38). The maximum atomic E-state index is 14.1. The lowest BCUT2D eigenvalue weighted by molar-refractivity contribution is -0.113. The molecular weight excluding hydrogens is 548 g/mol. The number of benzene rings is 1. The lowest BCUT2D eigenvalue weighted by Gasteiger charge is -2.19. The van der Waals surface area contributed by atoms with E-state index in [1.807, 2.05) is 55.4 Å². The van der Waals surface area contributed by atoms with Gasteiger partial charge in [0.05, 0.1) is 6.61 Å². The molecule has 0 saturated heterocycles. The van der Waals surface area contributed by atoms with Gasteiger partial charge in [-0.15, -0.1) is 0 Å². The van der Waals surface area contributed by atoms with E-state index in [1.165, 1.54) is 12.3 Å². The van der Waals surface area contributed by atoms with Gasteiger partial charge in [-0.05, 0) is 63.3 Å². The number of carbonyl (C=O) groups excluding carboxylic acids is 1. The summed E-state index contributed by atoms with van der Waals surface area (Å²) in [5, 5.41) is 0.661. The van der Waals surface area contributed by atoms with E-state index in [2.05, 4.69) is 9.97 Å².